The van der Waals surface area contributed by atoms with Crippen molar-refractivity contribution in [2.45, 2.75) is 0 Å². The van der Waals surface area contributed by atoms with Crippen molar-refractivity contribution in [3.8, 4) is 0 Å². The van der Waals surface area contributed by atoms with E-state index in [4.69, 9.17) is 32.5 Å². The minimum atomic E-state index is -4.67. The van der Waals surface area contributed by atoms with Crippen molar-refractivity contribution in [3.63, 3.8) is 0 Å². The van der Waals surface area contributed by atoms with Crippen LogP contribution in [0.15, 0.2) is 0 Å². The van der Waals surface area contributed by atoms with Crippen LogP contribution >= 0.6 is 0 Å². The van der Waals surface area contributed by atoms with E-state index in [9.17, 15) is 0 Å². The lowest BCUT2D eigenvalue weighted by Gasteiger charge is -1.70. The van der Waals surface area contributed by atoms with E-state index >= 15 is 0 Å². The van der Waals surface area contributed by atoms with Gasteiger partial charge < -0.3 is 15.0 Å². The quantitative estimate of drug-likeness (QED) is 0.356. The Bertz CT molecular complexity index is 128. The molecule has 0 aromatic carbocycles. The predicted molar refractivity (Wildman–Crippen MR) is 35.5 cm³/mol. The van der Waals surface area contributed by atoms with E-state index in [1.165, 1.54) is 0 Å². The molecule has 0 saturated carbocycles. The second kappa shape index (κ2) is 12.2. The third-order valence-corrected chi connectivity index (χ3v) is 0.1000. The van der Waals surface area contributed by atoms with Gasteiger partial charge >= 0.3 is 10.4 Å². The molecule has 8 heteroatoms. The van der Waals surface area contributed by atoms with Gasteiger partial charge in [0.15, 0.2) is 0 Å². The summed E-state index contributed by atoms with van der Waals surface area (Å²) >= 11 is 0. The molecule has 0 amide bonds. The van der Waals surface area contributed by atoms with Gasteiger partial charge in [-0.05, 0) is 0 Å². The first-order valence-corrected chi connectivity index (χ1v) is 3.52. The molecule has 0 aliphatic carbocycles. The van der Waals surface area contributed by atoms with Gasteiger partial charge in [0.2, 0.25) is 0 Å². The summed E-state index contributed by atoms with van der Waals surface area (Å²) in [4.78, 5) is 8.00. The molecule has 0 aromatic rings. The Morgan fingerprint density at radius 2 is 1.09 bits per heavy atom. The minimum absolute atomic E-state index is 0.125. The van der Waals surface area contributed by atoms with E-state index in [1.54, 1.807) is 0 Å². The highest BCUT2D eigenvalue weighted by Gasteiger charge is 1.84. The lowest BCUT2D eigenvalue weighted by atomic mass is 10.8. The summed E-state index contributed by atoms with van der Waals surface area (Å²) in [6, 6.07) is 0. The third-order valence-electron chi connectivity index (χ3n) is 0.1000. The number of carbonyl (C=O) groups is 1. The fourth-order valence-electron chi connectivity index (χ4n) is 0. The molecule has 0 radical (unpaired) electrons. The van der Waals surface area contributed by atoms with Crippen molar-refractivity contribution < 1.29 is 32.5 Å². The highest BCUT2D eigenvalue weighted by molar-refractivity contribution is 7.79. The number of aliphatic hydroxyl groups is 2. The maximum absolute atomic E-state index is 8.74. The standard InChI is InChI=1S/C2H6O2.CH2O.H2O4S/c3-1-2-4;1-2;1-5(2,3)4/h3-4H,1-2H2;1H2;(H2,1,2,3,4). The molecule has 0 saturated heterocycles. The molecular formula is C3H10O7S. The van der Waals surface area contributed by atoms with E-state index < -0.39 is 10.4 Å². The first kappa shape index (κ1) is 16.8. The molecule has 0 spiro atoms. The lowest BCUT2D eigenvalue weighted by Crippen LogP contribution is -1.89. The van der Waals surface area contributed by atoms with Gasteiger partial charge in [0.25, 0.3) is 0 Å². The van der Waals surface area contributed by atoms with Crippen LogP contribution in [0.4, 0.5) is 0 Å². The van der Waals surface area contributed by atoms with Gasteiger partial charge in [-0.15, -0.1) is 0 Å². The van der Waals surface area contributed by atoms with Crippen LogP contribution in [0.5, 0.6) is 0 Å². The normalized spacial score (nSPS) is 8.36. The van der Waals surface area contributed by atoms with Gasteiger partial charge in [-0.25, -0.2) is 0 Å². The van der Waals surface area contributed by atoms with Crippen LogP contribution in [0, 0.1) is 0 Å². The van der Waals surface area contributed by atoms with Crippen LogP contribution in [0.25, 0.3) is 0 Å². The molecule has 0 heterocycles. The molecule has 0 atom stereocenters. The summed E-state index contributed by atoms with van der Waals surface area (Å²) < 4.78 is 31.6. The van der Waals surface area contributed by atoms with Gasteiger partial charge in [0.1, 0.15) is 6.79 Å². The van der Waals surface area contributed by atoms with Crippen LogP contribution in [-0.4, -0.2) is 47.7 Å². The Morgan fingerprint density at radius 1 is 1.00 bits per heavy atom. The maximum Gasteiger partial charge on any atom is 0.394 e. The molecular weight excluding hydrogens is 180 g/mol. The smallest absolute Gasteiger partial charge is 0.394 e. The van der Waals surface area contributed by atoms with Gasteiger partial charge in [0, 0.05) is 0 Å². The Kier molecular flexibility index (Phi) is 18.6. The van der Waals surface area contributed by atoms with Crippen molar-refractivity contribution in [1.29, 1.82) is 0 Å². The first-order chi connectivity index (χ1) is 4.91. The number of hydrogen-bond donors (Lipinski definition) is 4. The van der Waals surface area contributed by atoms with Crippen LogP contribution in [0.3, 0.4) is 0 Å². The molecule has 7 nitrogen and oxygen atoms in total. The van der Waals surface area contributed by atoms with Crippen LogP contribution in [0.2, 0.25) is 0 Å². The molecule has 0 bridgehead atoms. The minimum Gasteiger partial charge on any atom is -0.394 e. The summed E-state index contributed by atoms with van der Waals surface area (Å²) in [5, 5.41) is 15.2. The molecule has 0 unspecified atom stereocenters. The fraction of sp³-hybridized carbons (Fsp3) is 0.667. The van der Waals surface area contributed by atoms with E-state index in [0.717, 1.165) is 0 Å². The van der Waals surface area contributed by atoms with E-state index in [1.807, 2.05) is 6.79 Å². The molecule has 0 aliphatic heterocycles. The molecule has 0 fully saturated rings. The average molecular weight is 190 g/mol. The zero-order valence-electron chi connectivity index (χ0n) is 5.54. The second-order valence-corrected chi connectivity index (χ2v) is 1.79. The van der Waals surface area contributed by atoms with Crippen molar-refractivity contribution in [2.75, 3.05) is 13.2 Å². The van der Waals surface area contributed by atoms with Crippen molar-refractivity contribution in [3.05, 3.63) is 0 Å². The topological polar surface area (TPSA) is 132 Å². The SMILES string of the molecule is C=O.O=S(=O)(O)O.OCCO. The van der Waals surface area contributed by atoms with Crippen molar-refractivity contribution in [2.24, 2.45) is 0 Å². The largest absolute Gasteiger partial charge is 0.394 e. The molecule has 0 rings (SSSR count). The number of rotatable bonds is 1. The molecule has 70 valence electrons. The molecule has 4 N–H and O–H groups in total. The summed E-state index contributed by atoms with van der Waals surface area (Å²) in [6.45, 7) is 1.75. The van der Waals surface area contributed by atoms with Gasteiger partial charge in [-0.3, -0.25) is 9.11 Å². The molecule has 11 heavy (non-hydrogen) atoms. The van der Waals surface area contributed by atoms with Crippen LogP contribution in [0.1, 0.15) is 0 Å². The number of aliphatic hydroxyl groups excluding tert-OH is 2. The van der Waals surface area contributed by atoms with Gasteiger partial charge in [-0.1, -0.05) is 0 Å². The summed E-state index contributed by atoms with van der Waals surface area (Å²) in [5.74, 6) is 0. The average Bonchev–Trinajstić information content (AvgIpc) is 1.89. The monoisotopic (exact) mass is 190 g/mol. The second-order valence-electron chi connectivity index (χ2n) is 0.895. The fourth-order valence-corrected chi connectivity index (χ4v) is 0. The number of carbonyl (C=O) groups excluding carboxylic acids is 1. The highest BCUT2D eigenvalue weighted by Crippen LogP contribution is 1.59. The Balaban J connectivity index is -0.0000000965. The zero-order chi connectivity index (χ0) is 9.91. The predicted octanol–water partition coefficient (Wildman–Crippen LogP) is -1.87. The first-order valence-electron chi connectivity index (χ1n) is 2.12. The third kappa shape index (κ3) is 2490. The summed E-state index contributed by atoms with van der Waals surface area (Å²) in [7, 11) is -4.67. The van der Waals surface area contributed by atoms with Crippen LogP contribution in [-0.2, 0) is 15.2 Å². The Morgan fingerprint density at radius 3 is 1.09 bits per heavy atom. The number of hydrogen-bond acceptors (Lipinski definition) is 5. The van der Waals surface area contributed by atoms with E-state index in [-0.39, 0.29) is 13.2 Å². The van der Waals surface area contributed by atoms with Crippen molar-refractivity contribution >= 4 is 17.2 Å². The summed E-state index contributed by atoms with van der Waals surface area (Å²) in [6.07, 6.45) is 0. The Hall–Kier alpha value is -0.540. The maximum atomic E-state index is 8.74. The summed E-state index contributed by atoms with van der Waals surface area (Å²) in [5.41, 5.74) is 0. The Labute approximate surface area is 63.9 Å². The molecule has 0 aromatic heterocycles. The van der Waals surface area contributed by atoms with Gasteiger partial charge in [0.05, 0.1) is 13.2 Å². The lowest BCUT2D eigenvalue weighted by molar-refractivity contribution is -0.0980. The van der Waals surface area contributed by atoms with E-state index in [0.29, 0.717) is 0 Å². The molecule has 0 aliphatic rings. The van der Waals surface area contributed by atoms with Crippen molar-refractivity contribution in [1.82, 2.24) is 0 Å². The zero-order valence-corrected chi connectivity index (χ0v) is 6.36. The van der Waals surface area contributed by atoms with E-state index in [2.05, 4.69) is 0 Å². The van der Waals surface area contributed by atoms with Gasteiger partial charge in [-0.2, -0.15) is 8.42 Å². The van der Waals surface area contributed by atoms with Crippen LogP contribution < -0.4 is 0 Å². The highest BCUT2D eigenvalue weighted by atomic mass is 32.3.